The summed E-state index contributed by atoms with van der Waals surface area (Å²) in [4.78, 5) is 4.76. The topological polar surface area (TPSA) is 64.9 Å². The third kappa shape index (κ3) is 2.90. The summed E-state index contributed by atoms with van der Waals surface area (Å²) in [7, 11) is 0. The predicted octanol–water partition coefficient (Wildman–Crippen LogP) is 3.60. The van der Waals surface area contributed by atoms with Gasteiger partial charge in [-0.1, -0.05) is 37.8 Å². The Morgan fingerprint density at radius 1 is 1.15 bits per heavy atom. The molecule has 4 nitrogen and oxygen atoms in total. The molecule has 0 amide bonds. The van der Waals surface area contributed by atoms with E-state index < -0.39 is 0 Å². The van der Waals surface area contributed by atoms with Gasteiger partial charge in [0.15, 0.2) is 5.82 Å². The van der Waals surface area contributed by atoms with E-state index >= 15 is 0 Å². The fourth-order valence-corrected chi connectivity index (χ4v) is 4.05. The van der Waals surface area contributed by atoms with Crippen LogP contribution in [0.3, 0.4) is 0 Å². The SMILES string of the molecule is CC1CCCC(c2noc(C3CCCCC3CN)n2)C1. The zero-order valence-electron chi connectivity index (χ0n) is 12.6. The van der Waals surface area contributed by atoms with Gasteiger partial charge in [0, 0.05) is 11.8 Å². The predicted molar refractivity (Wildman–Crippen MR) is 78.4 cm³/mol. The van der Waals surface area contributed by atoms with E-state index in [9.17, 15) is 0 Å². The number of nitrogens with zero attached hydrogens (tertiary/aromatic N) is 2. The summed E-state index contributed by atoms with van der Waals surface area (Å²) in [5, 5.41) is 4.29. The van der Waals surface area contributed by atoms with Crippen molar-refractivity contribution in [1.29, 1.82) is 0 Å². The first-order valence-corrected chi connectivity index (χ1v) is 8.31. The summed E-state index contributed by atoms with van der Waals surface area (Å²) < 4.78 is 5.61. The summed E-state index contributed by atoms with van der Waals surface area (Å²) in [6, 6.07) is 0. The Balaban J connectivity index is 1.72. The fraction of sp³-hybridized carbons (Fsp3) is 0.875. The van der Waals surface area contributed by atoms with Crippen LogP contribution in [-0.4, -0.2) is 16.7 Å². The second-order valence-electron chi connectivity index (χ2n) is 6.85. The maximum Gasteiger partial charge on any atom is 0.230 e. The van der Waals surface area contributed by atoms with Crippen LogP contribution in [0.25, 0.3) is 0 Å². The molecule has 0 spiro atoms. The van der Waals surface area contributed by atoms with Gasteiger partial charge in [-0.15, -0.1) is 0 Å². The van der Waals surface area contributed by atoms with Crippen molar-refractivity contribution in [2.24, 2.45) is 17.6 Å². The third-order valence-corrected chi connectivity index (χ3v) is 5.29. The molecule has 0 aromatic carbocycles. The van der Waals surface area contributed by atoms with Crippen LogP contribution in [0.1, 0.15) is 81.8 Å². The lowest BCUT2D eigenvalue weighted by molar-refractivity contribution is 0.247. The van der Waals surface area contributed by atoms with Crippen molar-refractivity contribution in [3.05, 3.63) is 11.7 Å². The van der Waals surface area contributed by atoms with Crippen LogP contribution in [0, 0.1) is 11.8 Å². The minimum Gasteiger partial charge on any atom is -0.339 e. The maximum absolute atomic E-state index is 5.91. The summed E-state index contributed by atoms with van der Waals surface area (Å²) in [5.41, 5.74) is 5.91. The number of hydrogen-bond acceptors (Lipinski definition) is 4. The fourth-order valence-electron chi connectivity index (χ4n) is 4.05. The normalized spacial score (nSPS) is 35.1. The van der Waals surface area contributed by atoms with Gasteiger partial charge in [-0.3, -0.25) is 0 Å². The van der Waals surface area contributed by atoms with E-state index in [1.807, 2.05) is 0 Å². The van der Waals surface area contributed by atoms with Crippen LogP contribution in [0.2, 0.25) is 0 Å². The van der Waals surface area contributed by atoms with E-state index in [0.717, 1.165) is 30.6 Å². The summed E-state index contributed by atoms with van der Waals surface area (Å²) in [6.45, 7) is 3.07. The Morgan fingerprint density at radius 2 is 2.00 bits per heavy atom. The van der Waals surface area contributed by atoms with Crippen LogP contribution in [0.15, 0.2) is 4.52 Å². The van der Waals surface area contributed by atoms with Gasteiger partial charge in [0.05, 0.1) is 0 Å². The third-order valence-electron chi connectivity index (χ3n) is 5.29. The summed E-state index contributed by atoms with van der Waals surface area (Å²) in [5.74, 6) is 4.04. The second-order valence-corrected chi connectivity index (χ2v) is 6.85. The first-order valence-electron chi connectivity index (χ1n) is 8.31. The molecule has 20 heavy (non-hydrogen) atoms. The molecule has 0 bridgehead atoms. The molecule has 112 valence electrons. The van der Waals surface area contributed by atoms with Gasteiger partial charge >= 0.3 is 0 Å². The average molecular weight is 277 g/mol. The van der Waals surface area contributed by atoms with E-state index in [1.54, 1.807) is 0 Å². The van der Waals surface area contributed by atoms with Crippen molar-refractivity contribution in [1.82, 2.24) is 10.1 Å². The second kappa shape index (κ2) is 6.25. The van der Waals surface area contributed by atoms with Crippen LogP contribution in [0.4, 0.5) is 0 Å². The van der Waals surface area contributed by atoms with Gasteiger partial charge in [-0.05, 0) is 44.1 Å². The highest BCUT2D eigenvalue weighted by Gasteiger charge is 2.31. The average Bonchev–Trinajstić information content (AvgIpc) is 2.97. The quantitative estimate of drug-likeness (QED) is 0.916. The van der Waals surface area contributed by atoms with Crippen LogP contribution in [-0.2, 0) is 0 Å². The summed E-state index contributed by atoms with van der Waals surface area (Å²) in [6.07, 6.45) is 9.99. The molecule has 1 heterocycles. The standard InChI is InChI=1S/C16H27N3O/c1-11-5-4-7-12(9-11)15-18-16(20-19-15)14-8-3-2-6-13(14)10-17/h11-14H,2-10,17H2,1H3. The highest BCUT2D eigenvalue weighted by atomic mass is 16.5. The molecule has 2 aliphatic rings. The molecule has 2 saturated carbocycles. The maximum atomic E-state index is 5.91. The van der Waals surface area contributed by atoms with Gasteiger partial charge in [-0.25, -0.2) is 0 Å². The Labute approximate surface area is 121 Å². The highest BCUT2D eigenvalue weighted by molar-refractivity contribution is 5.03. The molecular formula is C16H27N3O. The van der Waals surface area contributed by atoms with Crippen molar-refractivity contribution >= 4 is 0 Å². The Bertz CT molecular complexity index is 431. The molecule has 2 fully saturated rings. The molecule has 1 aromatic rings. The van der Waals surface area contributed by atoms with E-state index in [2.05, 4.69) is 12.1 Å². The lowest BCUT2D eigenvalue weighted by Crippen LogP contribution is -2.25. The van der Waals surface area contributed by atoms with Gasteiger partial charge in [0.2, 0.25) is 5.89 Å². The molecule has 4 unspecified atom stereocenters. The number of hydrogen-bond donors (Lipinski definition) is 1. The number of aromatic nitrogens is 2. The van der Waals surface area contributed by atoms with Gasteiger partial charge < -0.3 is 10.3 Å². The van der Waals surface area contributed by atoms with Gasteiger partial charge in [0.25, 0.3) is 0 Å². The highest BCUT2D eigenvalue weighted by Crippen LogP contribution is 2.39. The van der Waals surface area contributed by atoms with Gasteiger partial charge in [0.1, 0.15) is 0 Å². The molecule has 0 aliphatic heterocycles. The first-order chi connectivity index (χ1) is 9.78. The van der Waals surface area contributed by atoms with Crippen LogP contribution in [0.5, 0.6) is 0 Å². The first kappa shape index (κ1) is 14.1. The molecule has 1 aromatic heterocycles. The van der Waals surface area contributed by atoms with E-state index in [1.165, 1.54) is 44.9 Å². The van der Waals surface area contributed by atoms with Crippen molar-refractivity contribution < 1.29 is 4.52 Å². The van der Waals surface area contributed by atoms with Crippen molar-refractivity contribution in [3.63, 3.8) is 0 Å². The Hall–Kier alpha value is -0.900. The monoisotopic (exact) mass is 277 g/mol. The van der Waals surface area contributed by atoms with Crippen LogP contribution < -0.4 is 5.73 Å². The van der Waals surface area contributed by atoms with E-state index in [4.69, 9.17) is 15.2 Å². The molecule has 4 atom stereocenters. The van der Waals surface area contributed by atoms with E-state index in [-0.39, 0.29) is 0 Å². The molecule has 2 N–H and O–H groups in total. The lowest BCUT2D eigenvalue weighted by atomic mass is 9.79. The molecule has 2 aliphatic carbocycles. The Morgan fingerprint density at radius 3 is 2.80 bits per heavy atom. The minimum atomic E-state index is 0.399. The smallest absolute Gasteiger partial charge is 0.230 e. The number of rotatable bonds is 3. The van der Waals surface area contributed by atoms with Gasteiger partial charge in [-0.2, -0.15) is 4.98 Å². The molecule has 0 saturated heterocycles. The van der Waals surface area contributed by atoms with Crippen molar-refractivity contribution in [2.75, 3.05) is 6.54 Å². The number of nitrogens with two attached hydrogens (primary N) is 1. The zero-order chi connectivity index (χ0) is 13.9. The largest absolute Gasteiger partial charge is 0.339 e. The van der Waals surface area contributed by atoms with Crippen molar-refractivity contribution in [2.45, 2.75) is 70.1 Å². The van der Waals surface area contributed by atoms with Crippen molar-refractivity contribution in [3.8, 4) is 0 Å². The minimum absolute atomic E-state index is 0.399. The zero-order valence-corrected chi connectivity index (χ0v) is 12.6. The molecule has 0 radical (unpaired) electrons. The molecule has 3 rings (SSSR count). The van der Waals surface area contributed by atoms with Crippen LogP contribution >= 0.6 is 0 Å². The van der Waals surface area contributed by atoms with E-state index in [0.29, 0.717) is 17.8 Å². The lowest BCUT2D eigenvalue weighted by Gasteiger charge is -2.27. The molecule has 4 heteroatoms. The molecular weight excluding hydrogens is 250 g/mol. The summed E-state index contributed by atoms with van der Waals surface area (Å²) >= 11 is 0. The Kier molecular flexibility index (Phi) is 4.39.